The molecule has 1 heterocycles. The highest BCUT2D eigenvalue weighted by Crippen LogP contribution is 2.32. The Bertz CT molecular complexity index is 856. The fourth-order valence-electron chi connectivity index (χ4n) is 3.05. The zero-order chi connectivity index (χ0) is 18.0. The number of ketones is 1. The zero-order valence-electron chi connectivity index (χ0n) is 13.3. The van der Waals surface area contributed by atoms with Crippen molar-refractivity contribution >= 4 is 23.1 Å². The Kier molecular flexibility index (Phi) is 4.47. The third-order valence-corrected chi connectivity index (χ3v) is 4.27. The lowest BCUT2D eigenvalue weighted by Gasteiger charge is -2.18. The summed E-state index contributed by atoms with van der Waals surface area (Å²) in [5.74, 6) is -2.05. The predicted molar refractivity (Wildman–Crippen MR) is 88.7 cm³/mol. The number of hydrogen-bond acceptors (Lipinski definition) is 6. The summed E-state index contributed by atoms with van der Waals surface area (Å²) >= 11 is 0. The molecule has 2 aromatic rings. The van der Waals surface area contributed by atoms with Crippen LogP contribution < -0.4 is 10.0 Å². The number of carbonyl (C=O) groups is 2. The minimum atomic E-state index is -1.47. The van der Waals surface area contributed by atoms with Crippen LogP contribution in [0.2, 0.25) is 0 Å². The second kappa shape index (κ2) is 6.72. The van der Waals surface area contributed by atoms with Crippen molar-refractivity contribution in [1.82, 2.24) is 0 Å². The summed E-state index contributed by atoms with van der Waals surface area (Å²) in [6.45, 7) is 1.48. The third kappa shape index (κ3) is 3.21. The van der Waals surface area contributed by atoms with Crippen molar-refractivity contribution in [2.45, 2.75) is 12.8 Å². The molecule has 2 aromatic carbocycles. The highest BCUT2D eigenvalue weighted by atomic mass is 16.6. The van der Waals surface area contributed by atoms with E-state index in [1.165, 1.54) is 36.4 Å². The number of nitro groups is 1. The number of hydrogen-bond donors (Lipinski definition) is 0. The second-order valence-corrected chi connectivity index (χ2v) is 5.82. The Morgan fingerprint density at radius 1 is 1.00 bits per heavy atom. The zero-order valence-corrected chi connectivity index (χ0v) is 13.3. The fraction of sp³-hybridized carbons (Fsp3) is 0.222. The minimum Gasteiger partial charge on any atom is -0.545 e. The third-order valence-electron chi connectivity index (χ3n) is 4.27. The molecule has 1 fully saturated rings. The van der Waals surface area contributed by atoms with E-state index in [2.05, 4.69) is 0 Å². The number of carboxylic acid groups (broad SMARTS) is 1. The Balaban J connectivity index is 2.03. The molecule has 1 aliphatic heterocycles. The average Bonchev–Trinajstić information content (AvgIpc) is 3.15. The van der Waals surface area contributed by atoms with Crippen LogP contribution in [0, 0.1) is 10.1 Å². The Hall–Kier alpha value is -3.22. The Labute approximate surface area is 143 Å². The van der Waals surface area contributed by atoms with Gasteiger partial charge in [0.2, 0.25) is 0 Å². The van der Waals surface area contributed by atoms with Gasteiger partial charge in [-0.3, -0.25) is 14.9 Å². The monoisotopic (exact) mass is 339 g/mol. The summed E-state index contributed by atoms with van der Waals surface area (Å²) in [6, 6.07) is 9.92. The molecule has 3 rings (SSSR count). The maximum atomic E-state index is 12.7. The first-order chi connectivity index (χ1) is 12.0. The predicted octanol–water partition coefficient (Wildman–Crippen LogP) is 1.79. The number of nitrogens with zero attached hydrogens (tertiary/aromatic N) is 2. The summed E-state index contributed by atoms with van der Waals surface area (Å²) in [5.41, 5.74) is 0.110. The number of aromatic carboxylic acids is 1. The van der Waals surface area contributed by atoms with Gasteiger partial charge >= 0.3 is 0 Å². The summed E-state index contributed by atoms with van der Waals surface area (Å²) in [6.07, 6.45) is 1.94. The van der Waals surface area contributed by atoms with Gasteiger partial charge in [-0.2, -0.15) is 0 Å². The maximum absolute atomic E-state index is 12.7. The normalized spacial score (nSPS) is 13.7. The SMILES string of the molecule is O=C([O-])c1ccccc1C(=O)c1ccc(N2CCCC2)c([N+](=O)[O-])c1. The molecule has 0 spiro atoms. The van der Waals surface area contributed by atoms with Crippen LogP contribution in [0.15, 0.2) is 42.5 Å². The van der Waals surface area contributed by atoms with Crippen molar-refractivity contribution in [3.8, 4) is 0 Å². The standard InChI is InChI=1S/C18H16N2O5/c21-17(13-5-1-2-6-14(13)18(22)23)12-7-8-15(16(11-12)20(24)25)19-9-3-4-10-19/h1-2,5-8,11H,3-4,9-10H2,(H,22,23)/p-1. The molecule has 0 aliphatic carbocycles. The molecule has 0 atom stereocenters. The first-order valence-corrected chi connectivity index (χ1v) is 7.87. The molecule has 0 radical (unpaired) electrons. The molecule has 0 unspecified atom stereocenters. The van der Waals surface area contributed by atoms with E-state index in [0.29, 0.717) is 5.69 Å². The highest BCUT2D eigenvalue weighted by molar-refractivity contribution is 6.14. The molecule has 7 nitrogen and oxygen atoms in total. The quantitative estimate of drug-likeness (QED) is 0.467. The molecule has 128 valence electrons. The first kappa shape index (κ1) is 16.6. The lowest BCUT2D eigenvalue weighted by atomic mass is 9.97. The molecule has 0 amide bonds. The van der Waals surface area contributed by atoms with Gasteiger partial charge in [-0.25, -0.2) is 0 Å². The van der Waals surface area contributed by atoms with Gasteiger partial charge in [-0.15, -0.1) is 0 Å². The van der Waals surface area contributed by atoms with E-state index in [1.54, 1.807) is 6.07 Å². The van der Waals surface area contributed by atoms with Crippen molar-refractivity contribution in [2.24, 2.45) is 0 Å². The van der Waals surface area contributed by atoms with E-state index in [0.717, 1.165) is 25.9 Å². The summed E-state index contributed by atoms with van der Waals surface area (Å²) in [7, 11) is 0. The number of benzene rings is 2. The van der Waals surface area contributed by atoms with Crippen molar-refractivity contribution in [1.29, 1.82) is 0 Å². The number of anilines is 1. The van der Waals surface area contributed by atoms with Gasteiger partial charge in [0.1, 0.15) is 5.69 Å². The molecule has 0 aromatic heterocycles. The van der Waals surface area contributed by atoms with Crippen LogP contribution in [-0.2, 0) is 0 Å². The second-order valence-electron chi connectivity index (χ2n) is 5.82. The van der Waals surface area contributed by atoms with Crippen molar-refractivity contribution in [3.05, 3.63) is 69.3 Å². The Morgan fingerprint density at radius 3 is 2.24 bits per heavy atom. The number of nitro benzene ring substituents is 1. The molecule has 1 saturated heterocycles. The van der Waals surface area contributed by atoms with Crippen LogP contribution in [0.5, 0.6) is 0 Å². The molecule has 1 aliphatic rings. The van der Waals surface area contributed by atoms with Crippen molar-refractivity contribution < 1.29 is 19.6 Å². The van der Waals surface area contributed by atoms with Crippen molar-refractivity contribution in [2.75, 3.05) is 18.0 Å². The van der Waals surface area contributed by atoms with Gasteiger partial charge in [-0.05, 0) is 25.0 Å². The largest absolute Gasteiger partial charge is 0.545 e. The molecular formula is C18H15N2O5-. The summed E-state index contributed by atoms with van der Waals surface area (Å²) < 4.78 is 0. The maximum Gasteiger partial charge on any atom is 0.293 e. The van der Waals surface area contributed by atoms with Crippen LogP contribution in [0.25, 0.3) is 0 Å². The van der Waals surface area contributed by atoms with E-state index in [9.17, 15) is 24.8 Å². The molecule has 0 N–H and O–H groups in total. The van der Waals surface area contributed by atoms with Crippen LogP contribution in [-0.4, -0.2) is 29.8 Å². The number of carboxylic acids is 1. The van der Waals surface area contributed by atoms with Gasteiger partial charge in [-0.1, -0.05) is 24.3 Å². The van der Waals surface area contributed by atoms with Gasteiger partial charge in [0.05, 0.1) is 10.9 Å². The topological polar surface area (TPSA) is 104 Å². The number of carbonyl (C=O) groups excluding carboxylic acids is 2. The Morgan fingerprint density at radius 2 is 1.64 bits per heavy atom. The smallest absolute Gasteiger partial charge is 0.293 e. The number of rotatable bonds is 5. The van der Waals surface area contributed by atoms with E-state index in [1.807, 2.05) is 4.90 Å². The van der Waals surface area contributed by atoms with Gasteiger partial charge in [0.25, 0.3) is 5.69 Å². The summed E-state index contributed by atoms with van der Waals surface area (Å²) in [4.78, 5) is 36.7. The van der Waals surface area contributed by atoms with Crippen LogP contribution in [0.1, 0.15) is 39.1 Å². The van der Waals surface area contributed by atoms with E-state index in [-0.39, 0.29) is 22.4 Å². The molecule has 7 heteroatoms. The first-order valence-electron chi connectivity index (χ1n) is 7.87. The van der Waals surface area contributed by atoms with Crippen LogP contribution in [0.3, 0.4) is 0 Å². The van der Waals surface area contributed by atoms with Gasteiger partial charge in [0, 0.05) is 35.8 Å². The van der Waals surface area contributed by atoms with Crippen LogP contribution >= 0.6 is 0 Å². The molecule has 0 saturated carbocycles. The lowest BCUT2D eigenvalue weighted by Crippen LogP contribution is -2.25. The molecule has 25 heavy (non-hydrogen) atoms. The van der Waals surface area contributed by atoms with Gasteiger partial charge in [0.15, 0.2) is 5.78 Å². The van der Waals surface area contributed by atoms with E-state index < -0.39 is 16.7 Å². The van der Waals surface area contributed by atoms with Crippen LogP contribution in [0.4, 0.5) is 11.4 Å². The van der Waals surface area contributed by atoms with E-state index in [4.69, 9.17) is 0 Å². The molecular weight excluding hydrogens is 324 g/mol. The van der Waals surface area contributed by atoms with Gasteiger partial charge < -0.3 is 14.8 Å². The fourth-order valence-corrected chi connectivity index (χ4v) is 3.05. The average molecular weight is 339 g/mol. The highest BCUT2D eigenvalue weighted by Gasteiger charge is 2.24. The molecule has 0 bridgehead atoms. The summed E-state index contributed by atoms with van der Waals surface area (Å²) in [5, 5.41) is 22.6. The van der Waals surface area contributed by atoms with Crippen molar-refractivity contribution in [3.63, 3.8) is 0 Å². The minimum absolute atomic E-state index is 0.0503. The lowest BCUT2D eigenvalue weighted by molar-refractivity contribution is -0.384. The van der Waals surface area contributed by atoms with E-state index >= 15 is 0 Å².